The van der Waals surface area contributed by atoms with E-state index in [4.69, 9.17) is 4.99 Å². The van der Waals surface area contributed by atoms with Crippen LogP contribution < -0.4 is 0 Å². The van der Waals surface area contributed by atoms with E-state index in [-0.39, 0.29) is 11.3 Å². The predicted molar refractivity (Wildman–Crippen MR) is 249 cm³/mol. The van der Waals surface area contributed by atoms with Gasteiger partial charge < -0.3 is 0 Å². The van der Waals surface area contributed by atoms with E-state index < -0.39 is 0 Å². The van der Waals surface area contributed by atoms with Crippen LogP contribution in [0.2, 0.25) is 0 Å². The first-order chi connectivity index (χ1) is 29.1. The third-order valence-electron chi connectivity index (χ3n) is 12.3. The van der Waals surface area contributed by atoms with Crippen molar-refractivity contribution in [3.63, 3.8) is 0 Å². The van der Waals surface area contributed by atoms with Gasteiger partial charge in [-0.2, -0.15) is 0 Å². The Bertz CT molecular complexity index is 2900. The maximum atomic E-state index is 5.28. The molecule has 2 aliphatic carbocycles. The van der Waals surface area contributed by atoms with Crippen LogP contribution in [0.15, 0.2) is 230 Å². The third-order valence-corrected chi connectivity index (χ3v) is 12.3. The van der Waals surface area contributed by atoms with Crippen LogP contribution in [0.1, 0.15) is 45.9 Å². The molecule has 59 heavy (non-hydrogen) atoms. The monoisotopic (exact) mass is 753 g/mol. The summed E-state index contributed by atoms with van der Waals surface area (Å²) >= 11 is 0. The first kappa shape index (κ1) is 36.0. The summed E-state index contributed by atoms with van der Waals surface area (Å²) in [4.78, 5) is 5.28. The van der Waals surface area contributed by atoms with E-state index in [1.807, 2.05) is 30.3 Å². The molecule has 8 aromatic carbocycles. The summed E-state index contributed by atoms with van der Waals surface area (Å²) in [5, 5.41) is 0. The first-order valence-corrected chi connectivity index (χ1v) is 20.4. The van der Waals surface area contributed by atoms with Crippen LogP contribution in [0.3, 0.4) is 0 Å². The summed E-state index contributed by atoms with van der Waals surface area (Å²) in [5.41, 5.74) is 21.0. The van der Waals surface area contributed by atoms with Gasteiger partial charge in [-0.1, -0.05) is 232 Å². The fraction of sp³-hybridized carbons (Fsp3) is 0.0517. The van der Waals surface area contributed by atoms with E-state index >= 15 is 0 Å². The lowest BCUT2D eigenvalue weighted by molar-refractivity contribution is 0.794. The van der Waals surface area contributed by atoms with Crippen molar-refractivity contribution in [3.05, 3.63) is 264 Å². The molecular formula is C58H43N. The fourth-order valence-corrected chi connectivity index (χ4v) is 9.59. The highest BCUT2D eigenvalue weighted by Gasteiger charge is 2.51. The number of allylic oxidation sites excluding steroid dienone is 3. The maximum Gasteiger partial charge on any atom is 0.0725 e. The lowest BCUT2D eigenvalue weighted by atomic mass is 9.70. The lowest BCUT2D eigenvalue weighted by Gasteiger charge is -2.30. The van der Waals surface area contributed by atoms with Gasteiger partial charge in [0.25, 0.3) is 0 Å². The summed E-state index contributed by atoms with van der Waals surface area (Å²) in [6.07, 6.45) is 4.22. The minimum absolute atomic E-state index is 0.0432. The molecule has 0 aliphatic heterocycles. The molecular weight excluding hydrogens is 711 g/mol. The number of nitrogens with zero attached hydrogens (tertiary/aromatic N) is 1. The molecule has 0 bridgehead atoms. The van der Waals surface area contributed by atoms with Gasteiger partial charge in [0.05, 0.1) is 16.8 Å². The first-order valence-electron chi connectivity index (χ1n) is 20.4. The smallest absolute Gasteiger partial charge is 0.0725 e. The molecule has 0 amide bonds. The van der Waals surface area contributed by atoms with Crippen molar-refractivity contribution in [2.24, 2.45) is 10.9 Å². The van der Waals surface area contributed by atoms with E-state index in [1.54, 1.807) is 0 Å². The Balaban J connectivity index is 1.06. The van der Waals surface area contributed by atoms with Crippen LogP contribution in [0.5, 0.6) is 0 Å². The molecule has 0 saturated carbocycles. The van der Waals surface area contributed by atoms with Crippen LogP contribution in [0.4, 0.5) is 0 Å². The van der Waals surface area contributed by atoms with Crippen LogP contribution in [-0.4, -0.2) is 5.71 Å². The Morgan fingerprint density at radius 1 is 0.458 bits per heavy atom. The number of aliphatic imine (C=N–C) groups is 1. The second kappa shape index (κ2) is 14.9. The van der Waals surface area contributed by atoms with Crippen molar-refractivity contribution in [2.75, 3.05) is 0 Å². The van der Waals surface area contributed by atoms with Crippen molar-refractivity contribution in [3.8, 4) is 44.5 Å². The summed E-state index contributed by atoms with van der Waals surface area (Å²) < 4.78 is 0. The number of fused-ring (bicyclic) bond motifs is 10. The molecule has 1 spiro atoms. The molecule has 0 saturated heterocycles. The largest absolute Gasteiger partial charge is 0.252 e. The molecule has 0 aromatic heterocycles. The van der Waals surface area contributed by atoms with Gasteiger partial charge in [-0.25, -0.2) is 0 Å². The van der Waals surface area contributed by atoms with Crippen molar-refractivity contribution in [1.82, 2.24) is 0 Å². The Labute approximate surface area is 347 Å². The van der Waals surface area contributed by atoms with E-state index in [1.165, 1.54) is 66.8 Å². The average Bonchev–Trinajstić information content (AvgIpc) is 3.78. The van der Waals surface area contributed by atoms with Gasteiger partial charge in [0.1, 0.15) is 0 Å². The highest BCUT2D eigenvalue weighted by atomic mass is 14.8. The van der Waals surface area contributed by atoms with Crippen molar-refractivity contribution < 1.29 is 0 Å². The quantitative estimate of drug-likeness (QED) is 0.103. The maximum absolute atomic E-state index is 5.28. The second-order valence-corrected chi connectivity index (χ2v) is 15.6. The van der Waals surface area contributed by atoms with Gasteiger partial charge in [-0.15, -0.1) is 0 Å². The summed E-state index contributed by atoms with van der Waals surface area (Å²) in [5.74, 6) is -0.0432. The molecule has 0 heterocycles. The van der Waals surface area contributed by atoms with Gasteiger partial charge in [0, 0.05) is 5.92 Å². The molecule has 0 radical (unpaired) electrons. The van der Waals surface area contributed by atoms with Crippen LogP contribution in [0.25, 0.3) is 55.8 Å². The number of hydrogen-bond acceptors (Lipinski definition) is 1. The van der Waals surface area contributed by atoms with Crippen molar-refractivity contribution in [1.29, 1.82) is 0 Å². The Morgan fingerprint density at radius 3 is 1.56 bits per heavy atom. The van der Waals surface area contributed by atoms with Crippen LogP contribution >= 0.6 is 0 Å². The molecule has 2 aliphatic rings. The number of benzene rings is 8. The molecule has 8 aromatic rings. The minimum atomic E-state index is -0.376. The Hall–Kier alpha value is -7.35. The molecule has 0 N–H and O–H groups in total. The predicted octanol–water partition coefficient (Wildman–Crippen LogP) is 14.7. The second-order valence-electron chi connectivity index (χ2n) is 15.6. The van der Waals surface area contributed by atoms with Gasteiger partial charge in [0.15, 0.2) is 0 Å². The van der Waals surface area contributed by atoms with Gasteiger partial charge in [0.2, 0.25) is 0 Å². The highest BCUT2D eigenvalue weighted by molar-refractivity contribution is 6.07. The number of rotatable bonds is 9. The lowest BCUT2D eigenvalue weighted by Crippen LogP contribution is -2.25. The van der Waals surface area contributed by atoms with Crippen LogP contribution in [0, 0.1) is 5.92 Å². The van der Waals surface area contributed by atoms with Crippen molar-refractivity contribution in [2.45, 2.75) is 12.3 Å². The van der Waals surface area contributed by atoms with Gasteiger partial charge in [-0.3, -0.25) is 4.99 Å². The standard InChI is InChI=1S/C58H43N/c1-4-41(44-30-32-45(33-31-44)43-20-9-6-10-21-43)38-39(2)57(59-40(3)42-18-7-5-8-19-42)47-36-34-46(35-37-47)48-25-17-29-55-56(48)51-24-13-16-28-54(51)58(55)52-26-14-11-22-49(52)50-23-12-15-27-53(50)58/h4-39H,1,3H2,2H3/b41-38+,59-57+. The zero-order valence-electron chi connectivity index (χ0n) is 33.1. The van der Waals surface area contributed by atoms with Gasteiger partial charge >= 0.3 is 0 Å². The molecule has 0 fully saturated rings. The zero-order valence-corrected chi connectivity index (χ0v) is 33.1. The molecule has 1 nitrogen and oxygen atoms in total. The summed E-state index contributed by atoms with van der Waals surface area (Å²) in [6.45, 7) is 10.9. The molecule has 1 atom stereocenters. The SMILES string of the molecule is C=C/C(=C\C(C)/C(=N\C(=C)c1ccccc1)c1ccc(-c2cccc3c2-c2ccccc2C32c3ccccc3-c3ccccc32)cc1)c1ccc(-c2ccccc2)cc1. The van der Waals surface area contributed by atoms with E-state index in [9.17, 15) is 0 Å². The average molecular weight is 754 g/mol. The van der Waals surface area contributed by atoms with Gasteiger partial charge in [-0.05, 0) is 89.0 Å². The van der Waals surface area contributed by atoms with E-state index in [0.717, 1.165) is 33.7 Å². The minimum Gasteiger partial charge on any atom is -0.252 e. The molecule has 1 heteroatoms. The topological polar surface area (TPSA) is 12.4 Å². The molecule has 10 rings (SSSR count). The zero-order chi connectivity index (χ0) is 39.9. The Morgan fingerprint density at radius 2 is 0.932 bits per heavy atom. The highest BCUT2D eigenvalue weighted by Crippen LogP contribution is 2.63. The molecule has 1 unspecified atom stereocenters. The summed E-state index contributed by atoms with van der Waals surface area (Å²) in [7, 11) is 0. The third kappa shape index (κ3) is 5.97. The van der Waals surface area contributed by atoms with E-state index in [0.29, 0.717) is 0 Å². The van der Waals surface area contributed by atoms with Crippen LogP contribution in [-0.2, 0) is 5.41 Å². The Kier molecular flexibility index (Phi) is 9.08. The molecule has 280 valence electrons. The van der Waals surface area contributed by atoms with E-state index in [2.05, 4.69) is 202 Å². The normalized spacial score (nSPS) is 13.9. The summed E-state index contributed by atoms with van der Waals surface area (Å²) in [6, 6.07) is 72.3. The van der Waals surface area contributed by atoms with Crippen molar-refractivity contribution >= 4 is 17.0 Å². The number of hydrogen-bond donors (Lipinski definition) is 0. The fourth-order valence-electron chi connectivity index (χ4n) is 9.59.